The Morgan fingerprint density at radius 2 is 1.53 bits per heavy atom. The van der Waals surface area contributed by atoms with Gasteiger partial charge in [-0.25, -0.2) is 13.8 Å². The molecule has 1 N–H and O–H groups in total. The molecular weight excluding hydrogens is 472 g/mol. The zero-order valence-electron chi connectivity index (χ0n) is 20.4. The van der Waals surface area contributed by atoms with Crippen LogP contribution in [0.5, 0.6) is 0 Å². The molecule has 4 aromatic rings. The molecule has 0 saturated carbocycles. The Bertz CT molecular complexity index is 1480. The van der Waals surface area contributed by atoms with Gasteiger partial charge in [0.1, 0.15) is 6.54 Å². The highest BCUT2D eigenvalue weighted by Crippen LogP contribution is 2.24. The van der Waals surface area contributed by atoms with Crippen LogP contribution in [-0.4, -0.2) is 31.7 Å². The summed E-state index contributed by atoms with van der Waals surface area (Å²) in [5.41, 5.74) is 7.76. The fourth-order valence-corrected chi connectivity index (χ4v) is 5.42. The first-order chi connectivity index (χ1) is 17.3. The number of nitrogens with zero attached hydrogens (tertiary/aromatic N) is 3. The first-order valence-electron chi connectivity index (χ1n) is 11.5. The minimum Gasteiger partial charge on any atom is -0.318 e. The maximum atomic E-state index is 13.4. The Balaban J connectivity index is 1.54. The first kappa shape index (κ1) is 24.9. The van der Waals surface area contributed by atoms with E-state index in [4.69, 9.17) is 0 Å². The second-order valence-corrected chi connectivity index (χ2v) is 10.3. The molecule has 1 aromatic heterocycles. The van der Waals surface area contributed by atoms with Crippen molar-refractivity contribution in [2.24, 2.45) is 5.10 Å². The van der Waals surface area contributed by atoms with Crippen molar-refractivity contribution in [2.45, 2.75) is 25.7 Å². The number of hydrogen-bond donors (Lipinski definition) is 1. The Hall–Kier alpha value is -4.17. The van der Waals surface area contributed by atoms with Crippen molar-refractivity contribution in [3.63, 3.8) is 0 Å². The molecule has 4 rings (SSSR count). The molecule has 1 heterocycles. The summed E-state index contributed by atoms with van der Waals surface area (Å²) in [4.78, 5) is 12.9. The van der Waals surface area contributed by atoms with E-state index in [1.807, 2.05) is 57.2 Å². The highest BCUT2D eigenvalue weighted by molar-refractivity contribution is 7.92. The topological polar surface area (TPSA) is 83.8 Å². The Labute approximate surface area is 211 Å². The third-order valence-corrected chi connectivity index (χ3v) is 7.61. The number of carbonyl (C=O) groups excluding carboxylic acids is 1. The standard InChI is InChI=1S/C28H28N4O3S/c1-21-14-16-25(17-15-21)31(36(34,35)27-12-8-5-9-13-27)20-28(33)30-29-19-24-18-22(2)32(23(24)3)26-10-6-4-7-11-26/h4-19H,20H2,1-3H3,(H,30,33)/b29-19-. The maximum absolute atomic E-state index is 13.4. The summed E-state index contributed by atoms with van der Waals surface area (Å²) in [5.74, 6) is -0.553. The van der Waals surface area contributed by atoms with Gasteiger partial charge in [0.25, 0.3) is 15.9 Å². The van der Waals surface area contributed by atoms with E-state index in [0.29, 0.717) is 5.69 Å². The van der Waals surface area contributed by atoms with Gasteiger partial charge in [-0.3, -0.25) is 9.10 Å². The second kappa shape index (κ2) is 10.6. The number of sulfonamides is 1. The van der Waals surface area contributed by atoms with Crippen LogP contribution in [-0.2, 0) is 14.8 Å². The van der Waals surface area contributed by atoms with Crippen LogP contribution in [0.4, 0.5) is 5.69 Å². The summed E-state index contributed by atoms with van der Waals surface area (Å²) in [5, 5.41) is 4.11. The lowest BCUT2D eigenvalue weighted by Crippen LogP contribution is -2.39. The molecule has 0 spiro atoms. The molecule has 184 valence electrons. The molecule has 8 heteroatoms. The average molecular weight is 501 g/mol. The van der Waals surface area contributed by atoms with Gasteiger partial charge in [-0.15, -0.1) is 0 Å². The minimum atomic E-state index is -3.96. The highest BCUT2D eigenvalue weighted by atomic mass is 32.2. The summed E-state index contributed by atoms with van der Waals surface area (Å²) in [6.07, 6.45) is 1.57. The molecule has 0 radical (unpaired) electrons. The monoisotopic (exact) mass is 500 g/mol. The van der Waals surface area contributed by atoms with Crippen molar-refractivity contribution >= 4 is 27.8 Å². The van der Waals surface area contributed by atoms with Crippen molar-refractivity contribution in [1.29, 1.82) is 0 Å². The molecule has 7 nitrogen and oxygen atoms in total. The number of aryl methyl sites for hydroxylation is 2. The van der Waals surface area contributed by atoms with Crippen LogP contribution in [0.2, 0.25) is 0 Å². The van der Waals surface area contributed by atoms with Crippen LogP contribution in [0.15, 0.2) is 101 Å². The van der Waals surface area contributed by atoms with Crippen LogP contribution in [0.3, 0.4) is 0 Å². The van der Waals surface area contributed by atoms with Crippen molar-refractivity contribution in [3.05, 3.63) is 114 Å². The van der Waals surface area contributed by atoms with Gasteiger partial charge in [0.15, 0.2) is 0 Å². The van der Waals surface area contributed by atoms with Crippen LogP contribution < -0.4 is 9.73 Å². The van der Waals surface area contributed by atoms with Gasteiger partial charge in [-0.05, 0) is 63.2 Å². The molecule has 0 saturated heterocycles. The smallest absolute Gasteiger partial charge is 0.264 e. The predicted octanol–water partition coefficient (Wildman–Crippen LogP) is 4.75. The number of hydrogen-bond acceptors (Lipinski definition) is 4. The van der Waals surface area contributed by atoms with Crippen LogP contribution in [0.1, 0.15) is 22.5 Å². The first-order valence-corrected chi connectivity index (χ1v) is 12.9. The molecule has 1 amide bonds. The normalized spacial score (nSPS) is 11.5. The molecule has 0 aliphatic carbocycles. The summed E-state index contributed by atoms with van der Waals surface area (Å²) in [6.45, 7) is 5.48. The van der Waals surface area contributed by atoms with E-state index in [0.717, 1.165) is 32.5 Å². The van der Waals surface area contributed by atoms with E-state index >= 15 is 0 Å². The molecule has 0 atom stereocenters. The van der Waals surface area contributed by atoms with E-state index in [9.17, 15) is 13.2 Å². The van der Waals surface area contributed by atoms with Crippen LogP contribution in [0.25, 0.3) is 5.69 Å². The number of hydrazone groups is 1. The zero-order valence-corrected chi connectivity index (χ0v) is 21.2. The number of aromatic nitrogens is 1. The van der Waals surface area contributed by atoms with Gasteiger partial charge in [-0.1, -0.05) is 54.1 Å². The number of benzene rings is 3. The SMILES string of the molecule is Cc1ccc(N(CC(=O)N/N=C\c2cc(C)n(-c3ccccc3)c2C)S(=O)(=O)c2ccccc2)cc1. The fraction of sp³-hybridized carbons (Fsp3) is 0.143. The van der Waals surface area contributed by atoms with E-state index in [-0.39, 0.29) is 4.90 Å². The van der Waals surface area contributed by atoms with Gasteiger partial charge < -0.3 is 4.57 Å². The summed E-state index contributed by atoms with van der Waals surface area (Å²) >= 11 is 0. The quantitative estimate of drug-likeness (QED) is 0.280. The number of rotatable bonds is 8. The lowest BCUT2D eigenvalue weighted by Gasteiger charge is -2.23. The summed E-state index contributed by atoms with van der Waals surface area (Å²) in [7, 11) is -3.96. The van der Waals surface area contributed by atoms with E-state index < -0.39 is 22.5 Å². The Morgan fingerprint density at radius 3 is 2.17 bits per heavy atom. The lowest BCUT2D eigenvalue weighted by atomic mass is 10.2. The molecular formula is C28H28N4O3S. The number of anilines is 1. The van der Waals surface area contributed by atoms with E-state index in [1.54, 1.807) is 48.7 Å². The van der Waals surface area contributed by atoms with Gasteiger partial charge in [0.2, 0.25) is 0 Å². The van der Waals surface area contributed by atoms with Crippen molar-refractivity contribution in [3.8, 4) is 5.69 Å². The lowest BCUT2D eigenvalue weighted by molar-refractivity contribution is -0.119. The zero-order chi connectivity index (χ0) is 25.7. The van der Waals surface area contributed by atoms with Gasteiger partial charge >= 0.3 is 0 Å². The van der Waals surface area contributed by atoms with E-state index in [1.165, 1.54) is 12.1 Å². The maximum Gasteiger partial charge on any atom is 0.264 e. The van der Waals surface area contributed by atoms with Crippen molar-refractivity contribution < 1.29 is 13.2 Å². The third kappa shape index (κ3) is 5.39. The molecule has 0 unspecified atom stereocenters. The van der Waals surface area contributed by atoms with Crippen molar-refractivity contribution in [1.82, 2.24) is 9.99 Å². The van der Waals surface area contributed by atoms with Crippen LogP contribution in [0, 0.1) is 20.8 Å². The number of nitrogens with one attached hydrogen (secondary N) is 1. The molecule has 36 heavy (non-hydrogen) atoms. The molecule has 0 aliphatic heterocycles. The minimum absolute atomic E-state index is 0.107. The molecule has 0 aliphatic rings. The number of amides is 1. The van der Waals surface area contributed by atoms with E-state index in [2.05, 4.69) is 15.1 Å². The summed E-state index contributed by atoms with van der Waals surface area (Å²) < 4.78 is 29.9. The summed E-state index contributed by atoms with van der Waals surface area (Å²) in [6, 6.07) is 27.0. The largest absolute Gasteiger partial charge is 0.318 e. The number of carbonyl (C=O) groups is 1. The second-order valence-electron chi connectivity index (χ2n) is 8.45. The predicted molar refractivity (Wildman–Crippen MR) is 143 cm³/mol. The number of para-hydroxylation sites is 1. The van der Waals surface area contributed by atoms with Crippen molar-refractivity contribution in [2.75, 3.05) is 10.8 Å². The fourth-order valence-electron chi connectivity index (χ4n) is 3.98. The van der Waals surface area contributed by atoms with Crippen LogP contribution >= 0.6 is 0 Å². The third-order valence-electron chi connectivity index (χ3n) is 5.82. The molecule has 0 fully saturated rings. The Kier molecular flexibility index (Phi) is 7.36. The van der Waals surface area contributed by atoms with Gasteiger partial charge in [0.05, 0.1) is 16.8 Å². The van der Waals surface area contributed by atoms with Gasteiger partial charge in [0, 0.05) is 22.6 Å². The molecule has 0 bridgehead atoms. The highest BCUT2D eigenvalue weighted by Gasteiger charge is 2.27. The Morgan fingerprint density at radius 1 is 0.917 bits per heavy atom. The average Bonchev–Trinajstić information content (AvgIpc) is 3.16. The molecule has 3 aromatic carbocycles. The van der Waals surface area contributed by atoms with Gasteiger partial charge in [-0.2, -0.15) is 5.10 Å².